The van der Waals surface area contributed by atoms with Gasteiger partial charge in [0.1, 0.15) is 11.5 Å². The monoisotopic (exact) mass is 328 g/mol. The molecule has 24 heavy (non-hydrogen) atoms. The first-order valence-corrected chi connectivity index (χ1v) is 7.90. The summed E-state index contributed by atoms with van der Waals surface area (Å²) in [5.74, 6) is 0.569. The highest BCUT2D eigenvalue weighted by Gasteiger charge is 2.19. The van der Waals surface area contributed by atoms with Gasteiger partial charge in [0.15, 0.2) is 0 Å². The van der Waals surface area contributed by atoms with Gasteiger partial charge in [0.05, 0.1) is 24.7 Å². The molecule has 0 bridgehead atoms. The summed E-state index contributed by atoms with van der Waals surface area (Å²) in [6.45, 7) is 4.88. The molecule has 1 aliphatic heterocycles. The molecule has 0 atom stereocenters. The standard InChI is InChI=1S/C17H20N4O3/c1-13(22)20-6-8-21(9-7-20)14-4-5-16(18-11-14)17(23)19-12-15-3-2-10-24-15/h2-5,10-11H,6-9,12H2,1H3,(H,19,23). The lowest BCUT2D eigenvalue weighted by Crippen LogP contribution is -2.48. The normalized spacial score (nSPS) is 14.5. The van der Waals surface area contributed by atoms with Gasteiger partial charge >= 0.3 is 0 Å². The number of furan rings is 1. The summed E-state index contributed by atoms with van der Waals surface area (Å²) in [4.78, 5) is 31.7. The minimum Gasteiger partial charge on any atom is -0.467 e. The van der Waals surface area contributed by atoms with Crippen molar-refractivity contribution >= 4 is 17.5 Å². The van der Waals surface area contributed by atoms with E-state index in [2.05, 4.69) is 15.2 Å². The predicted octanol–water partition coefficient (Wildman–Crippen LogP) is 1.27. The van der Waals surface area contributed by atoms with E-state index in [1.807, 2.05) is 11.0 Å². The van der Waals surface area contributed by atoms with E-state index in [0.717, 1.165) is 18.8 Å². The lowest BCUT2D eigenvalue weighted by atomic mass is 10.2. The number of piperazine rings is 1. The molecular formula is C17H20N4O3. The number of hydrogen-bond donors (Lipinski definition) is 1. The smallest absolute Gasteiger partial charge is 0.270 e. The fourth-order valence-electron chi connectivity index (χ4n) is 2.66. The Morgan fingerprint density at radius 2 is 2.00 bits per heavy atom. The van der Waals surface area contributed by atoms with E-state index in [1.165, 1.54) is 0 Å². The Morgan fingerprint density at radius 1 is 1.21 bits per heavy atom. The van der Waals surface area contributed by atoms with Gasteiger partial charge in [0.25, 0.3) is 5.91 Å². The van der Waals surface area contributed by atoms with Gasteiger partial charge in [-0.3, -0.25) is 9.59 Å². The highest BCUT2D eigenvalue weighted by atomic mass is 16.3. The van der Waals surface area contributed by atoms with Gasteiger partial charge in [-0.05, 0) is 24.3 Å². The van der Waals surface area contributed by atoms with Crippen molar-refractivity contribution in [3.05, 3.63) is 48.2 Å². The summed E-state index contributed by atoms with van der Waals surface area (Å²) in [6.07, 6.45) is 3.27. The second-order valence-corrected chi connectivity index (χ2v) is 5.66. The van der Waals surface area contributed by atoms with Crippen LogP contribution in [0.1, 0.15) is 23.2 Å². The Bertz CT molecular complexity index is 689. The number of carbonyl (C=O) groups is 2. The molecule has 3 heterocycles. The lowest BCUT2D eigenvalue weighted by Gasteiger charge is -2.35. The number of pyridine rings is 1. The Hall–Kier alpha value is -2.83. The highest BCUT2D eigenvalue weighted by Crippen LogP contribution is 2.15. The number of carbonyl (C=O) groups excluding carboxylic acids is 2. The minimum atomic E-state index is -0.237. The van der Waals surface area contributed by atoms with Crippen LogP contribution < -0.4 is 10.2 Å². The van der Waals surface area contributed by atoms with Gasteiger partial charge in [-0.2, -0.15) is 0 Å². The fourth-order valence-corrected chi connectivity index (χ4v) is 2.66. The second-order valence-electron chi connectivity index (χ2n) is 5.66. The number of nitrogens with one attached hydrogen (secondary N) is 1. The first-order chi connectivity index (χ1) is 11.6. The van der Waals surface area contributed by atoms with E-state index in [-0.39, 0.29) is 11.8 Å². The Kier molecular flexibility index (Phi) is 4.79. The van der Waals surface area contributed by atoms with E-state index < -0.39 is 0 Å². The summed E-state index contributed by atoms with van der Waals surface area (Å²) in [6, 6.07) is 7.18. The van der Waals surface area contributed by atoms with Crippen LogP contribution in [0.3, 0.4) is 0 Å². The third-order valence-electron chi connectivity index (χ3n) is 4.07. The molecule has 126 valence electrons. The summed E-state index contributed by atoms with van der Waals surface area (Å²) >= 11 is 0. The zero-order chi connectivity index (χ0) is 16.9. The first-order valence-electron chi connectivity index (χ1n) is 7.90. The quantitative estimate of drug-likeness (QED) is 0.914. The fraction of sp³-hybridized carbons (Fsp3) is 0.353. The first kappa shape index (κ1) is 16.0. The lowest BCUT2D eigenvalue weighted by molar-refractivity contribution is -0.129. The number of aromatic nitrogens is 1. The van der Waals surface area contributed by atoms with Crippen LogP contribution in [-0.2, 0) is 11.3 Å². The zero-order valence-electron chi connectivity index (χ0n) is 13.6. The molecule has 0 aliphatic carbocycles. The average molecular weight is 328 g/mol. The Labute approximate surface area is 140 Å². The van der Waals surface area contributed by atoms with Crippen LogP contribution in [0.15, 0.2) is 41.1 Å². The van der Waals surface area contributed by atoms with Gasteiger partial charge in [-0.15, -0.1) is 0 Å². The molecule has 1 N–H and O–H groups in total. The van der Waals surface area contributed by atoms with Gasteiger partial charge in [0, 0.05) is 33.1 Å². The number of rotatable bonds is 4. The van der Waals surface area contributed by atoms with Gasteiger partial charge in [-0.1, -0.05) is 0 Å². The zero-order valence-corrected chi connectivity index (χ0v) is 13.6. The molecule has 0 radical (unpaired) electrons. The number of anilines is 1. The van der Waals surface area contributed by atoms with Crippen molar-refractivity contribution in [1.29, 1.82) is 0 Å². The van der Waals surface area contributed by atoms with Crippen molar-refractivity contribution in [3.63, 3.8) is 0 Å². The van der Waals surface area contributed by atoms with E-state index >= 15 is 0 Å². The molecule has 2 aromatic heterocycles. The Balaban J connectivity index is 1.55. The maximum absolute atomic E-state index is 12.1. The maximum Gasteiger partial charge on any atom is 0.270 e. The van der Waals surface area contributed by atoms with Crippen molar-refractivity contribution in [2.45, 2.75) is 13.5 Å². The van der Waals surface area contributed by atoms with Gasteiger partial charge < -0.3 is 19.5 Å². The minimum absolute atomic E-state index is 0.108. The van der Waals surface area contributed by atoms with Crippen LogP contribution in [0.5, 0.6) is 0 Å². The van der Waals surface area contributed by atoms with Gasteiger partial charge in [0.2, 0.25) is 5.91 Å². The third-order valence-corrected chi connectivity index (χ3v) is 4.07. The molecule has 1 aliphatic rings. The van der Waals surface area contributed by atoms with Crippen LogP contribution >= 0.6 is 0 Å². The summed E-state index contributed by atoms with van der Waals surface area (Å²) < 4.78 is 5.17. The molecule has 2 amide bonds. The molecule has 0 saturated carbocycles. The molecule has 1 fully saturated rings. The summed E-state index contributed by atoms with van der Waals surface area (Å²) in [5, 5.41) is 2.77. The van der Waals surface area contributed by atoms with E-state index in [0.29, 0.717) is 31.1 Å². The average Bonchev–Trinajstić information content (AvgIpc) is 3.13. The van der Waals surface area contributed by atoms with E-state index in [1.54, 1.807) is 37.6 Å². The van der Waals surface area contributed by atoms with Crippen LogP contribution in [0.25, 0.3) is 0 Å². The molecular weight excluding hydrogens is 308 g/mol. The van der Waals surface area contributed by atoms with E-state index in [9.17, 15) is 9.59 Å². The molecule has 3 rings (SSSR count). The van der Waals surface area contributed by atoms with Crippen LogP contribution in [0.4, 0.5) is 5.69 Å². The topological polar surface area (TPSA) is 78.7 Å². The second kappa shape index (κ2) is 7.16. The summed E-state index contributed by atoms with van der Waals surface area (Å²) in [5.41, 5.74) is 1.33. The molecule has 7 heteroatoms. The van der Waals surface area contributed by atoms with Crippen LogP contribution in [-0.4, -0.2) is 47.9 Å². The molecule has 0 aromatic carbocycles. The highest BCUT2D eigenvalue weighted by molar-refractivity contribution is 5.92. The maximum atomic E-state index is 12.1. The van der Waals surface area contributed by atoms with Gasteiger partial charge in [-0.25, -0.2) is 4.98 Å². The molecule has 2 aromatic rings. The van der Waals surface area contributed by atoms with Crippen molar-refractivity contribution in [1.82, 2.24) is 15.2 Å². The molecule has 0 spiro atoms. The SMILES string of the molecule is CC(=O)N1CCN(c2ccc(C(=O)NCc3ccco3)nc2)CC1. The summed E-state index contributed by atoms with van der Waals surface area (Å²) in [7, 11) is 0. The van der Waals surface area contributed by atoms with E-state index in [4.69, 9.17) is 4.42 Å². The van der Waals surface area contributed by atoms with Crippen LogP contribution in [0, 0.1) is 0 Å². The number of amides is 2. The van der Waals surface area contributed by atoms with Crippen molar-refractivity contribution in [2.75, 3.05) is 31.1 Å². The molecule has 1 saturated heterocycles. The third kappa shape index (κ3) is 3.73. The van der Waals surface area contributed by atoms with Crippen LogP contribution in [0.2, 0.25) is 0 Å². The van der Waals surface area contributed by atoms with Crippen molar-refractivity contribution in [2.24, 2.45) is 0 Å². The Morgan fingerprint density at radius 3 is 2.58 bits per heavy atom. The van der Waals surface area contributed by atoms with Crippen molar-refractivity contribution < 1.29 is 14.0 Å². The largest absolute Gasteiger partial charge is 0.467 e. The number of hydrogen-bond acceptors (Lipinski definition) is 5. The predicted molar refractivity (Wildman–Crippen MR) is 88.6 cm³/mol. The number of nitrogens with zero attached hydrogens (tertiary/aromatic N) is 3. The molecule has 0 unspecified atom stereocenters. The molecule has 7 nitrogen and oxygen atoms in total. The van der Waals surface area contributed by atoms with Crippen molar-refractivity contribution in [3.8, 4) is 0 Å².